The van der Waals surface area contributed by atoms with Crippen LogP contribution in [-0.2, 0) is 27.3 Å². The van der Waals surface area contributed by atoms with Gasteiger partial charge in [0, 0.05) is 34.5 Å². The summed E-state index contributed by atoms with van der Waals surface area (Å²) in [7, 11) is 0. The number of hydrogen-bond acceptors (Lipinski definition) is 7. The number of nitrogens with zero attached hydrogens (tertiary/aromatic N) is 1. The second kappa shape index (κ2) is 12.3. The zero-order chi connectivity index (χ0) is 27.2. The van der Waals surface area contributed by atoms with Gasteiger partial charge in [0.25, 0.3) is 5.91 Å². The van der Waals surface area contributed by atoms with E-state index in [1.54, 1.807) is 24.0 Å². The summed E-state index contributed by atoms with van der Waals surface area (Å²) in [4.78, 5) is 53.5. The Morgan fingerprint density at radius 3 is 2.61 bits per heavy atom. The van der Waals surface area contributed by atoms with Crippen LogP contribution >= 0.6 is 23.1 Å². The third-order valence-corrected chi connectivity index (χ3v) is 8.10. The number of nitrogens with one attached hydrogen (secondary N) is 2. The summed E-state index contributed by atoms with van der Waals surface area (Å²) < 4.78 is 5.26. The topological polar surface area (TPSA) is 105 Å². The SMILES string of the molecule is CCOC(=O)c1c(NC(=O)CSc2cccc(NC(=O)c3cccc(C)c3)c2)sc2c1CCN(C(C)=O)C2. The van der Waals surface area contributed by atoms with Crippen LogP contribution in [0.4, 0.5) is 10.7 Å². The van der Waals surface area contributed by atoms with Crippen LogP contribution in [0.1, 0.15) is 50.6 Å². The Hall–Kier alpha value is -3.63. The predicted molar refractivity (Wildman–Crippen MR) is 150 cm³/mol. The molecule has 0 spiro atoms. The third kappa shape index (κ3) is 6.62. The highest BCUT2D eigenvalue weighted by molar-refractivity contribution is 8.00. The lowest BCUT2D eigenvalue weighted by atomic mass is 10.0. The molecule has 3 amide bonds. The molecular weight excluding hydrogens is 522 g/mol. The Bertz CT molecular complexity index is 1380. The maximum atomic E-state index is 12.9. The van der Waals surface area contributed by atoms with E-state index in [2.05, 4.69) is 10.6 Å². The lowest BCUT2D eigenvalue weighted by molar-refractivity contribution is -0.129. The molecule has 0 radical (unpaired) electrons. The van der Waals surface area contributed by atoms with Gasteiger partial charge in [-0.15, -0.1) is 23.1 Å². The highest BCUT2D eigenvalue weighted by Gasteiger charge is 2.30. The van der Waals surface area contributed by atoms with Gasteiger partial charge in [0.2, 0.25) is 11.8 Å². The van der Waals surface area contributed by atoms with Gasteiger partial charge < -0.3 is 20.3 Å². The van der Waals surface area contributed by atoms with Crippen molar-refractivity contribution in [1.82, 2.24) is 4.90 Å². The second-order valence-corrected chi connectivity index (χ2v) is 11.0. The minimum atomic E-state index is -0.471. The fourth-order valence-electron chi connectivity index (χ4n) is 4.14. The minimum Gasteiger partial charge on any atom is -0.462 e. The number of benzene rings is 2. The first-order valence-electron chi connectivity index (χ1n) is 12.2. The molecule has 0 atom stereocenters. The van der Waals surface area contributed by atoms with Gasteiger partial charge in [-0.3, -0.25) is 14.4 Å². The molecule has 0 bridgehead atoms. The van der Waals surface area contributed by atoms with Gasteiger partial charge >= 0.3 is 5.97 Å². The number of hydrogen-bond donors (Lipinski definition) is 2. The smallest absolute Gasteiger partial charge is 0.341 e. The molecule has 0 saturated heterocycles. The molecule has 198 valence electrons. The predicted octanol–water partition coefficient (Wildman–Crippen LogP) is 5.12. The zero-order valence-electron chi connectivity index (χ0n) is 21.5. The fourth-order valence-corrected chi connectivity index (χ4v) is 6.17. The number of thiophene rings is 1. The number of amides is 3. The molecule has 2 aromatic carbocycles. The number of esters is 1. The van der Waals surface area contributed by atoms with Crippen molar-refractivity contribution in [1.29, 1.82) is 0 Å². The third-order valence-electron chi connectivity index (χ3n) is 5.98. The molecule has 1 aliphatic rings. The zero-order valence-corrected chi connectivity index (χ0v) is 23.1. The molecule has 2 N–H and O–H groups in total. The molecule has 0 unspecified atom stereocenters. The molecule has 8 nitrogen and oxygen atoms in total. The van der Waals surface area contributed by atoms with E-state index in [0.717, 1.165) is 20.9 Å². The van der Waals surface area contributed by atoms with E-state index in [-0.39, 0.29) is 30.1 Å². The van der Waals surface area contributed by atoms with Gasteiger partial charge in [-0.1, -0.05) is 23.8 Å². The first-order chi connectivity index (χ1) is 18.2. The molecule has 0 fully saturated rings. The molecule has 1 aromatic heterocycles. The van der Waals surface area contributed by atoms with E-state index in [4.69, 9.17) is 4.74 Å². The summed E-state index contributed by atoms with van der Waals surface area (Å²) in [5, 5.41) is 6.22. The van der Waals surface area contributed by atoms with Gasteiger partial charge in [-0.25, -0.2) is 4.79 Å². The molecule has 0 aliphatic carbocycles. The van der Waals surface area contributed by atoms with Crippen LogP contribution in [0.15, 0.2) is 53.4 Å². The number of ether oxygens (including phenoxy) is 1. The second-order valence-electron chi connectivity index (χ2n) is 8.81. The Morgan fingerprint density at radius 1 is 1.08 bits per heavy atom. The summed E-state index contributed by atoms with van der Waals surface area (Å²) in [5.41, 5.74) is 3.43. The molecule has 2 heterocycles. The molecular formula is C28H29N3O5S2. The van der Waals surface area contributed by atoms with E-state index in [1.165, 1.54) is 30.0 Å². The van der Waals surface area contributed by atoms with Crippen molar-refractivity contribution in [3.8, 4) is 0 Å². The summed E-state index contributed by atoms with van der Waals surface area (Å²) in [6.45, 7) is 6.34. The Kier molecular flexibility index (Phi) is 8.85. The molecule has 1 aliphatic heterocycles. The number of carbonyl (C=O) groups is 4. The van der Waals surface area contributed by atoms with Crippen LogP contribution in [0.2, 0.25) is 0 Å². The van der Waals surface area contributed by atoms with Crippen LogP contribution in [0.25, 0.3) is 0 Å². The molecule has 0 saturated carbocycles. The van der Waals surface area contributed by atoms with Gasteiger partial charge in [-0.2, -0.15) is 0 Å². The number of anilines is 2. The maximum absolute atomic E-state index is 12.9. The van der Waals surface area contributed by atoms with Crippen LogP contribution in [0, 0.1) is 6.92 Å². The average Bonchev–Trinajstić information content (AvgIpc) is 3.24. The van der Waals surface area contributed by atoms with Crippen LogP contribution in [0.3, 0.4) is 0 Å². The number of carbonyl (C=O) groups excluding carboxylic acids is 4. The van der Waals surface area contributed by atoms with E-state index in [9.17, 15) is 19.2 Å². The first-order valence-corrected chi connectivity index (χ1v) is 14.0. The van der Waals surface area contributed by atoms with Crippen molar-refractivity contribution in [2.45, 2.75) is 38.6 Å². The number of fused-ring (bicyclic) bond motifs is 1. The van der Waals surface area contributed by atoms with E-state index in [1.807, 2.05) is 43.3 Å². The lowest BCUT2D eigenvalue weighted by Gasteiger charge is -2.25. The van der Waals surface area contributed by atoms with Crippen molar-refractivity contribution in [3.63, 3.8) is 0 Å². The van der Waals surface area contributed by atoms with Crippen molar-refractivity contribution >= 4 is 57.5 Å². The Morgan fingerprint density at radius 2 is 1.87 bits per heavy atom. The number of aryl methyl sites for hydroxylation is 1. The van der Waals surface area contributed by atoms with Crippen molar-refractivity contribution in [2.75, 3.05) is 29.5 Å². The van der Waals surface area contributed by atoms with E-state index in [0.29, 0.717) is 41.3 Å². The summed E-state index contributed by atoms with van der Waals surface area (Å²) in [6.07, 6.45) is 0.533. The number of rotatable bonds is 8. The van der Waals surface area contributed by atoms with E-state index < -0.39 is 5.97 Å². The maximum Gasteiger partial charge on any atom is 0.341 e. The van der Waals surface area contributed by atoms with Crippen LogP contribution in [0.5, 0.6) is 0 Å². The highest BCUT2D eigenvalue weighted by atomic mass is 32.2. The first kappa shape index (κ1) is 27.4. The lowest BCUT2D eigenvalue weighted by Crippen LogP contribution is -2.34. The molecule has 10 heteroatoms. The number of thioether (sulfide) groups is 1. The van der Waals surface area contributed by atoms with Gasteiger partial charge in [0.1, 0.15) is 5.00 Å². The van der Waals surface area contributed by atoms with Crippen LogP contribution < -0.4 is 10.6 Å². The average molecular weight is 552 g/mol. The Labute approximate surface area is 229 Å². The molecule has 38 heavy (non-hydrogen) atoms. The van der Waals surface area contributed by atoms with Crippen molar-refractivity contribution in [2.24, 2.45) is 0 Å². The fraction of sp³-hybridized carbons (Fsp3) is 0.286. The normalized spacial score (nSPS) is 12.4. The minimum absolute atomic E-state index is 0.0268. The van der Waals surface area contributed by atoms with Crippen molar-refractivity contribution < 1.29 is 23.9 Å². The summed E-state index contributed by atoms with van der Waals surface area (Å²) in [5.74, 6) is -0.858. The quantitative estimate of drug-likeness (QED) is 0.297. The highest BCUT2D eigenvalue weighted by Crippen LogP contribution is 2.38. The van der Waals surface area contributed by atoms with E-state index >= 15 is 0 Å². The van der Waals surface area contributed by atoms with Crippen LogP contribution in [-0.4, -0.2) is 47.5 Å². The summed E-state index contributed by atoms with van der Waals surface area (Å²) >= 11 is 2.64. The molecule has 3 aromatic rings. The standard InChI is InChI=1S/C28H29N3O5S2/c1-4-36-28(35)25-22-11-12-31(18(3)32)15-23(22)38-27(25)30-24(33)16-37-21-10-6-9-20(14-21)29-26(34)19-8-5-7-17(2)13-19/h5-10,13-14H,4,11-12,15-16H2,1-3H3,(H,29,34)(H,30,33). The largest absolute Gasteiger partial charge is 0.462 e. The van der Waals surface area contributed by atoms with Gasteiger partial charge in [-0.05, 0) is 56.2 Å². The Balaban J connectivity index is 1.42. The molecule has 4 rings (SSSR count). The monoisotopic (exact) mass is 551 g/mol. The van der Waals surface area contributed by atoms with Gasteiger partial charge in [0.05, 0.1) is 24.5 Å². The van der Waals surface area contributed by atoms with Crippen molar-refractivity contribution in [3.05, 3.63) is 75.7 Å². The van der Waals surface area contributed by atoms with Gasteiger partial charge in [0.15, 0.2) is 0 Å². The summed E-state index contributed by atoms with van der Waals surface area (Å²) in [6, 6.07) is 14.6.